The molecule has 0 radical (unpaired) electrons. The van der Waals surface area contributed by atoms with E-state index in [9.17, 15) is 0 Å². The molecule has 2 rings (SSSR count). The average molecular weight is 317 g/mol. The smallest absolute Gasteiger partial charge is 0.0118 e. The summed E-state index contributed by atoms with van der Waals surface area (Å²) in [7, 11) is 0. The fourth-order valence-corrected chi connectivity index (χ4v) is 3.00. The van der Waals surface area contributed by atoms with E-state index in [4.69, 9.17) is 5.73 Å². The maximum absolute atomic E-state index is 5.88. The zero-order valence-corrected chi connectivity index (χ0v) is 15.0. The van der Waals surface area contributed by atoms with Crippen LogP contribution in [0.1, 0.15) is 40.7 Å². The van der Waals surface area contributed by atoms with Crippen LogP contribution in [0.15, 0.2) is 67.4 Å². The zero-order valence-electron chi connectivity index (χ0n) is 15.0. The molecule has 124 valence electrons. The van der Waals surface area contributed by atoms with Crippen LogP contribution in [0.2, 0.25) is 0 Å². The predicted octanol–water partition coefficient (Wildman–Crippen LogP) is 5.96. The van der Waals surface area contributed by atoms with Crippen LogP contribution in [0.4, 0.5) is 0 Å². The number of rotatable bonds is 6. The van der Waals surface area contributed by atoms with Gasteiger partial charge in [0.25, 0.3) is 0 Å². The SMILES string of the molecule is C=C(N)C/C(=C/CC(=C)c1cc(C)cc(C)c1)c1ccccc1C. The second-order valence-corrected chi connectivity index (χ2v) is 6.56. The molecule has 0 saturated heterocycles. The molecule has 0 amide bonds. The Morgan fingerprint density at radius 1 is 1.00 bits per heavy atom. The molecule has 0 aliphatic heterocycles. The Morgan fingerprint density at radius 2 is 1.62 bits per heavy atom. The summed E-state index contributed by atoms with van der Waals surface area (Å²) in [6.07, 6.45) is 3.73. The average Bonchev–Trinajstić information content (AvgIpc) is 2.50. The van der Waals surface area contributed by atoms with Crippen molar-refractivity contribution in [3.63, 3.8) is 0 Å². The Hall–Kier alpha value is -2.54. The maximum atomic E-state index is 5.88. The van der Waals surface area contributed by atoms with Crippen molar-refractivity contribution in [2.75, 3.05) is 0 Å². The van der Waals surface area contributed by atoms with Crippen LogP contribution in [-0.2, 0) is 0 Å². The molecule has 0 aliphatic carbocycles. The van der Waals surface area contributed by atoms with E-state index in [2.05, 4.69) is 82.5 Å². The molecule has 1 heteroatoms. The van der Waals surface area contributed by atoms with Crippen molar-refractivity contribution < 1.29 is 0 Å². The highest BCUT2D eigenvalue weighted by molar-refractivity contribution is 5.73. The second-order valence-electron chi connectivity index (χ2n) is 6.56. The molecule has 2 N–H and O–H groups in total. The van der Waals surface area contributed by atoms with Gasteiger partial charge in [0.2, 0.25) is 0 Å². The Bertz CT molecular complexity index is 773. The Labute approximate surface area is 146 Å². The molecule has 0 spiro atoms. The molecule has 0 fully saturated rings. The third kappa shape index (κ3) is 4.73. The maximum Gasteiger partial charge on any atom is 0.0118 e. The van der Waals surface area contributed by atoms with Crippen LogP contribution in [-0.4, -0.2) is 0 Å². The van der Waals surface area contributed by atoms with Crippen molar-refractivity contribution in [3.05, 3.63) is 95.2 Å². The first-order valence-electron chi connectivity index (χ1n) is 8.31. The van der Waals surface area contributed by atoms with E-state index in [1.54, 1.807) is 0 Å². The minimum atomic E-state index is 0.682. The molecule has 0 saturated carbocycles. The van der Waals surface area contributed by atoms with Gasteiger partial charge >= 0.3 is 0 Å². The van der Waals surface area contributed by atoms with E-state index in [0.29, 0.717) is 12.1 Å². The molecule has 0 aromatic heterocycles. The van der Waals surface area contributed by atoms with Gasteiger partial charge in [-0.15, -0.1) is 0 Å². The summed E-state index contributed by atoms with van der Waals surface area (Å²) in [5.41, 5.74) is 15.1. The van der Waals surface area contributed by atoms with E-state index in [1.165, 1.54) is 33.4 Å². The lowest BCUT2D eigenvalue weighted by Gasteiger charge is -2.12. The molecule has 1 nitrogen and oxygen atoms in total. The number of allylic oxidation sites excluding steroid dienone is 3. The molecule has 0 aliphatic rings. The van der Waals surface area contributed by atoms with Gasteiger partial charge in [0.15, 0.2) is 0 Å². The standard InChI is InChI=1S/C23H27N/c1-16-12-17(2)14-22(13-16)18(3)10-11-21(15-20(5)24)23-9-7-6-8-19(23)4/h6-9,11-14H,3,5,10,15,24H2,1-2,4H3/b21-11-. The topological polar surface area (TPSA) is 26.0 Å². The highest BCUT2D eigenvalue weighted by Gasteiger charge is 2.07. The van der Waals surface area contributed by atoms with E-state index < -0.39 is 0 Å². The van der Waals surface area contributed by atoms with Crippen molar-refractivity contribution in [1.29, 1.82) is 0 Å². The van der Waals surface area contributed by atoms with E-state index in [1.807, 2.05) is 0 Å². The lowest BCUT2D eigenvalue weighted by atomic mass is 9.93. The minimum absolute atomic E-state index is 0.682. The van der Waals surface area contributed by atoms with Crippen LogP contribution in [0.25, 0.3) is 11.1 Å². The largest absolute Gasteiger partial charge is 0.402 e. The van der Waals surface area contributed by atoms with Crippen LogP contribution in [0.5, 0.6) is 0 Å². The highest BCUT2D eigenvalue weighted by atomic mass is 14.6. The third-order valence-electron chi connectivity index (χ3n) is 4.13. The quantitative estimate of drug-likeness (QED) is 0.698. The van der Waals surface area contributed by atoms with E-state index in [-0.39, 0.29) is 0 Å². The van der Waals surface area contributed by atoms with Gasteiger partial charge in [-0.2, -0.15) is 0 Å². The van der Waals surface area contributed by atoms with Gasteiger partial charge in [0.1, 0.15) is 0 Å². The Kier molecular flexibility index (Phi) is 5.81. The van der Waals surface area contributed by atoms with Crippen LogP contribution in [0.3, 0.4) is 0 Å². The van der Waals surface area contributed by atoms with Gasteiger partial charge < -0.3 is 5.73 Å². The number of hydrogen-bond donors (Lipinski definition) is 1. The molecule has 2 aromatic carbocycles. The van der Waals surface area contributed by atoms with Gasteiger partial charge in [-0.1, -0.05) is 72.8 Å². The first kappa shape index (κ1) is 17.8. The molecule has 0 atom stereocenters. The van der Waals surface area contributed by atoms with Gasteiger partial charge in [-0.3, -0.25) is 0 Å². The van der Waals surface area contributed by atoms with Gasteiger partial charge in [-0.25, -0.2) is 0 Å². The number of hydrogen-bond acceptors (Lipinski definition) is 1. The van der Waals surface area contributed by atoms with Crippen LogP contribution < -0.4 is 5.73 Å². The summed E-state index contributed by atoms with van der Waals surface area (Å²) < 4.78 is 0. The first-order chi connectivity index (χ1) is 11.4. The lowest BCUT2D eigenvalue weighted by Crippen LogP contribution is -1.98. The molecule has 24 heavy (non-hydrogen) atoms. The Balaban J connectivity index is 2.28. The van der Waals surface area contributed by atoms with Gasteiger partial charge in [0, 0.05) is 12.1 Å². The van der Waals surface area contributed by atoms with E-state index in [0.717, 1.165) is 12.0 Å². The number of aryl methyl sites for hydroxylation is 3. The summed E-state index contributed by atoms with van der Waals surface area (Å²) in [4.78, 5) is 0. The van der Waals surface area contributed by atoms with Gasteiger partial charge in [0.05, 0.1) is 0 Å². The Morgan fingerprint density at radius 3 is 2.21 bits per heavy atom. The van der Waals surface area contributed by atoms with Crippen molar-refractivity contribution in [3.8, 4) is 0 Å². The van der Waals surface area contributed by atoms with Crippen molar-refractivity contribution >= 4 is 11.1 Å². The number of benzene rings is 2. The third-order valence-corrected chi connectivity index (χ3v) is 4.13. The minimum Gasteiger partial charge on any atom is -0.402 e. The molecular formula is C23H27N. The van der Waals surface area contributed by atoms with E-state index >= 15 is 0 Å². The van der Waals surface area contributed by atoms with Crippen molar-refractivity contribution in [2.24, 2.45) is 5.73 Å². The van der Waals surface area contributed by atoms with Gasteiger partial charge in [-0.05, 0) is 55.0 Å². The first-order valence-corrected chi connectivity index (χ1v) is 8.31. The molecular weight excluding hydrogens is 290 g/mol. The molecule has 0 unspecified atom stereocenters. The molecule has 0 bridgehead atoms. The van der Waals surface area contributed by atoms with Crippen molar-refractivity contribution in [2.45, 2.75) is 33.6 Å². The normalized spacial score (nSPS) is 11.4. The monoisotopic (exact) mass is 317 g/mol. The number of nitrogens with two attached hydrogens (primary N) is 1. The lowest BCUT2D eigenvalue weighted by molar-refractivity contribution is 1.17. The zero-order chi connectivity index (χ0) is 17.7. The highest BCUT2D eigenvalue weighted by Crippen LogP contribution is 2.27. The summed E-state index contributed by atoms with van der Waals surface area (Å²) in [5.74, 6) is 0. The molecule has 2 aromatic rings. The van der Waals surface area contributed by atoms with Crippen molar-refractivity contribution in [1.82, 2.24) is 0 Å². The fraction of sp³-hybridized carbons (Fsp3) is 0.217. The fourth-order valence-electron chi connectivity index (χ4n) is 3.00. The molecule has 0 heterocycles. The summed E-state index contributed by atoms with van der Waals surface area (Å²) in [5, 5.41) is 0. The predicted molar refractivity (Wildman–Crippen MR) is 107 cm³/mol. The van der Waals surface area contributed by atoms with Crippen LogP contribution in [0, 0.1) is 20.8 Å². The summed E-state index contributed by atoms with van der Waals surface area (Å²) >= 11 is 0. The van der Waals surface area contributed by atoms with Crippen LogP contribution >= 0.6 is 0 Å². The second kappa shape index (κ2) is 7.83. The summed E-state index contributed by atoms with van der Waals surface area (Å²) in [6, 6.07) is 15.0. The summed E-state index contributed by atoms with van der Waals surface area (Å²) in [6.45, 7) is 14.5.